The van der Waals surface area contributed by atoms with Crippen LogP contribution in [0.4, 0.5) is 0 Å². The molecule has 0 spiro atoms. The van der Waals surface area contributed by atoms with Crippen LogP contribution in [-0.4, -0.2) is 19.2 Å². The molecule has 0 saturated heterocycles. The van der Waals surface area contributed by atoms with Crippen molar-refractivity contribution in [1.29, 1.82) is 0 Å². The van der Waals surface area contributed by atoms with Crippen molar-refractivity contribution in [2.45, 2.75) is 0 Å². The van der Waals surface area contributed by atoms with Crippen molar-refractivity contribution in [2.24, 2.45) is 0 Å². The summed E-state index contributed by atoms with van der Waals surface area (Å²) in [5.41, 5.74) is 8.98. The summed E-state index contributed by atoms with van der Waals surface area (Å²) in [5, 5.41) is 4.87. The Morgan fingerprint density at radius 3 is 1.15 bits per heavy atom. The summed E-state index contributed by atoms with van der Waals surface area (Å²) in [6.45, 7) is 0. The summed E-state index contributed by atoms with van der Waals surface area (Å²) in [6, 6.07) is 47.1. The average molecular weight is 532 g/mol. The van der Waals surface area contributed by atoms with Gasteiger partial charge in [0.1, 0.15) is 11.5 Å². The fraction of sp³-hybridized carbons (Fsp3) is 0.0526. The largest absolute Gasteiger partial charge is 0.497 e. The third-order valence-corrected chi connectivity index (χ3v) is 7.83. The maximum absolute atomic E-state index is 5.48. The minimum absolute atomic E-state index is 0.831. The van der Waals surface area contributed by atoms with Gasteiger partial charge < -0.3 is 14.5 Å². The van der Waals surface area contributed by atoms with Crippen LogP contribution < -0.4 is 9.47 Å². The Labute approximate surface area is 239 Å². The summed E-state index contributed by atoms with van der Waals surface area (Å²) >= 11 is 0. The monoisotopic (exact) mass is 531 g/mol. The van der Waals surface area contributed by atoms with E-state index < -0.39 is 0 Å². The van der Waals surface area contributed by atoms with E-state index in [4.69, 9.17) is 9.47 Å². The Morgan fingerprint density at radius 1 is 0.390 bits per heavy atom. The van der Waals surface area contributed by atoms with E-state index in [-0.39, 0.29) is 0 Å². The molecule has 1 aromatic heterocycles. The average Bonchev–Trinajstić information content (AvgIpc) is 3.45. The van der Waals surface area contributed by atoms with E-state index in [9.17, 15) is 0 Å². The molecular formula is C38H29NO2. The highest BCUT2D eigenvalue weighted by Crippen LogP contribution is 2.47. The first kappa shape index (κ1) is 24.7. The normalized spacial score (nSPS) is 11.2. The molecule has 0 amide bonds. The van der Waals surface area contributed by atoms with Gasteiger partial charge in [-0.25, -0.2) is 0 Å². The number of hydrogen-bond donors (Lipinski definition) is 1. The molecule has 0 aliphatic carbocycles. The highest BCUT2D eigenvalue weighted by molar-refractivity contribution is 6.04. The van der Waals surface area contributed by atoms with Crippen molar-refractivity contribution in [1.82, 2.24) is 4.98 Å². The molecule has 1 N–H and O–H groups in total. The Balaban J connectivity index is 1.57. The Hall–Kier alpha value is -5.28. The van der Waals surface area contributed by atoms with Crippen molar-refractivity contribution in [3.8, 4) is 56.3 Å². The van der Waals surface area contributed by atoms with Gasteiger partial charge in [-0.2, -0.15) is 0 Å². The molecule has 0 fully saturated rings. The molecule has 0 unspecified atom stereocenters. The quantitative estimate of drug-likeness (QED) is 0.232. The van der Waals surface area contributed by atoms with Crippen LogP contribution in [0, 0.1) is 0 Å². The first-order valence-electron chi connectivity index (χ1n) is 13.7. The topological polar surface area (TPSA) is 34.2 Å². The van der Waals surface area contributed by atoms with E-state index in [1.54, 1.807) is 14.2 Å². The lowest BCUT2D eigenvalue weighted by Crippen LogP contribution is -1.88. The van der Waals surface area contributed by atoms with E-state index in [1.807, 2.05) is 24.3 Å². The Bertz CT molecular complexity index is 1860. The van der Waals surface area contributed by atoms with Gasteiger partial charge in [-0.15, -0.1) is 0 Å². The number of hydrogen-bond acceptors (Lipinski definition) is 2. The number of aromatic amines is 1. The summed E-state index contributed by atoms with van der Waals surface area (Å²) in [4.78, 5) is 3.87. The molecule has 1 heterocycles. The number of fused-ring (bicyclic) bond motifs is 2. The van der Waals surface area contributed by atoms with Crippen LogP contribution in [0.25, 0.3) is 66.3 Å². The van der Waals surface area contributed by atoms with Gasteiger partial charge in [-0.3, -0.25) is 0 Å². The summed E-state index contributed by atoms with van der Waals surface area (Å²) < 4.78 is 11.0. The van der Waals surface area contributed by atoms with Crippen molar-refractivity contribution < 1.29 is 9.47 Å². The van der Waals surface area contributed by atoms with E-state index in [0.29, 0.717) is 0 Å². The van der Waals surface area contributed by atoms with Crippen molar-refractivity contribution in [2.75, 3.05) is 14.2 Å². The molecule has 0 radical (unpaired) electrons. The first-order valence-corrected chi connectivity index (χ1v) is 13.7. The molecule has 0 saturated carbocycles. The fourth-order valence-corrected chi connectivity index (χ4v) is 5.72. The summed E-state index contributed by atoms with van der Waals surface area (Å²) in [6.07, 6.45) is 0. The molecule has 3 nitrogen and oxygen atoms in total. The highest BCUT2D eigenvalue weighted by atomic mass is 16.5. The van der Waals surface area contributed by atoms with Crippen LogP contribution in [0.1, 0.15) is 0 Å². The first-order chi connectivity index (χ1) is 20.2. The number of H-pyrrole nitrogens is 1. The highest BCUT2D eigenvalue weighted by Gasteiger charge is 2.23. The van der Waals surface area contributed by atoms with E-state index in [1.165, 1.54) is 32.7 Å². The lowest BCUT2D eigenvalue weighted by atomic mass is 9.89. The van der Waals surface area contributed by atoms with Gasteiger partial charge >= 0.3 is 0 Å². The number of ether oxygens (including phenoxy) is 2. The molecule has 0 atom stereocenters. The van der Waals surface area contributed by atoms with Crippen molar-refractivity contribution in [3.05, 3.63) is 133 Å². The van der Waals surface area contributed by atoms with Gasteiger partial charge in [0.2, 0.25) is 0 Å². The second-order valence-corrected chi connectivity index (χ2v) is 10.2. The smallest absolute Gasteiger partial charge is 0.118 e. The SMILES string of the molecule is COc1ccc(-c2[nH]c(-c3ccc(OC)cc3)c(-c3ccc4ccccc4c3)c2-c2ccc3ccccc3c2)cc1. The molecule has 7 aromatic rings. The summed E-state index contributed by atoms with van der Waals surface area (Å²) in [7, 11) is 3.40. The zero-order valence-corrected chi connectivity index (χ0v) is 23.0. The minimum atomic E-state index is 0.831. The maximum atomic E-state index is 5.48. The third kappa shape index (κ3) is 4.52. The molecule has 3 heteroatoms. The lowest BCUT2D eigenvalue weighted by molar-refractivity contribution is 0.415. The summed E-state index contributed by atoms with van der Waals surface area (Å²) in [5.74, 6) is 1.66. The van der Waals surface area contributed by atoms with E-state index in [0.717, 1.165) is 45.1 Å². The van der Waals surface area contributed by atoms with Gasteiger partial charge in [-0.05, 0) is 104 Å². The molecular weight excluding hydrogens is 502 g/mol. The fourth-order valence-electron chi connectivity index (χ4n) is 5.72. The molecule has 198 valence electrons. The Kier molecular flexibility index (Phi) is 6.25. The van der Waals surface area contributed by atoms with Crippen LogP contribution >= 0.6 is 0 Å². The number of methoxy groups -OCH3 is 2. The second kappa shape index (κ2) is 10.4. The van der Waals surface area contributed by atoms with Crippen molar-refractivity contribution in [3.63, 3.8) is 0 Å². The third-order valence-electron chi connectivity index (χ3n) is 7.83. The predicted molar refractivity (Wildman–Crippen MR) is 171 cm³/mol. The van der Waals surface area contributed by atoms with Gasteiger partial charge in [0.25, 0.3) is 0 Å². The zero-order valence-electron chi connectivity index (χ0n) is 23.0. The van der Waals surface area contributed by atoms with Gasteiger partial charge in [0.05, 0.1) is 25.6 Å². The van der Waals surface area contributed by atoms with Crippen molar-refractivity contribution >= 4 is 21.5 Å². The number of aromatic nitrogens is 1. The standard InChI is InChI=1S/C38H29NO2/c1-40-33-19-15-27(16-20-33)37-35(31-13-11-25-7-3-5-9-29(25)23-31)36(32-14-12-26-8-4-6-10-30(26)24-32)38(39-37)28-17-21-34(41-2)22-18-28/h3-24,39H,1-2H3. The van der Waals surface area contributed by atoms with Crippen LogP contribution in [0.2, 0.25) is 0 Å². The lowest BCUT2D eigenvalue weighted by Gasteiger charge is -2.13. The number of nitrogens with one attached hydrogen (secondary N) is 1. The van der Waals surface area contributed by atoms with E-state index >= 15 is 0 Å². The van der Waals surface area contributed by atoms with E-state index in [2.05, 4.69) is 114 Å². The van der Waals surface area contributed by atoms with Crippen LogP contribution in [0.5, 0.6) is 11.5 Å². The van der Waals surface area contributed by atoms with Gasteiger partial charge in [-0.1, -0.05) is 72.8 Å². The van der Waals surface area contributed by atoms with Gasteiger partial charge in [0, 0.05) is 11.1 Å². The molecule has 0 aliphatic heterocycles. The molecule has 6 aromatic carbocycles. The molecule has 41 heavy (non-hydrogen) atoms. The van der Waals surface area contributed by atoms with Gasteiger partial charge in [0.15, 0.2) is 0 Å². The number of benzene rings is 6. The second-order valence-electron chi connectivity index (χ2n) is 10.2. The Morgan fingerprint density at radius 2 is 0.756 bits per heavy atom. The van der Waals surface area contributed by atoms with Crippen LogP contribution in [0.15, 0.2) is 133 Å². The maximum Gasteiger partial charge on any atom is 0.118 e. The molecule has 0 bridgehead atoms. The van der Waals surface area contributed by atoms with Crippen LogP contribution in [0.3, 0.4) is 0 Å². The minimum Gasteiger partial charge on any atom is -0.497 e. The molecule has 7 rings (SSSR count). The molecule has 0 aliphatic rings. The predicted octanol–water partition coefficient (Wildman–Crippen LogP) is 10.0. The number of rotatable bonds is 6. The zero-order chi connectivity index (χ0) is 27.8. The van der Waals surface area contributed by atoms with Crippen LogP contribution in [-0.2, 0) is 0 Å².